The van der Waals surface area contributed by atoms with Gasteiger partial charge < -0.3 is 11.5 Å². The van der Waals surface area contributed by atoms with Crippen LogP contribution in [-0.2, 0) is 6.18 Å². The van der Waals surface area contributed by atoms with Crippen molar-refractivity contribution in [3.8, 4) is 11.4 Å². The molecule has 0 unspecified atom stereocenters. The Balaban J connectivity index is 2.24. The van der Waals surface area contributed by atoms with Crippen molar-refractivity contribution in [2.75, 3.05) is 5.73 Å². The maximum absolute atomic E-state index is 13.3. The van der Waals surface area contributed by atoms with Crippen molar-refractivity contribution < 1.29 is 18.0 Å². The summed E-state index contributed by atoms with van der Waals surface area (Å²) in [6, 6.07) is 2.13. The van der Waals surface area contributed by atoms with Crippen molar-refractivity contribution in [2.45, 2.75) is 6.18 Å². The Morgan fingerprint density at radius 1 is 1.12 bits per heavy atom. The number of carbonyl (C=O) groups excluding carboxylic acids is 1. The molecule has 4 N–H and O–H groups in total. The molecule has 0 fully saturated rings. The lowest BCUT2D eigenvalue weighted by molar-refractivity contribution is -0.137. The van der Waals surface area contributed by atoms with Gasteiger partial charge in [0.15, 0.2) is 5.65 Å². The molecule has 0 aliphatic heterocycles. The van der Waals surface area contributed by atoms with Crippen LogP contribution in [0.5, 0.6) is 0 Å². The summed E-state index contributed by atoms with van der Waals surface area (Å²) in [6.07, 6.45) is -1.33. The molecule has 0 aliphatic carbocycles. The van der Waals surface area contributed by atoms with Gasteiger partial charge >= 0.3 is 6.18 Å². The molecule has 3 aromatic rings. The zero-order valence-corrected chi connectivity index (χ0v) is 11.9. The van der Waals surface area contributed by atoms with E-state index in [0.29, 0.717) is 11.8 Å². The monoisotopic (exact) mass is 334 g/mol. The lowest BCUT2D eigenvalue weighted by atomic mass is 10.1. The van der Waals surface area contributed by atoms with Crippen LogP contribution in [0.15, 0.2) is 30.7 Å². The molecule has 7 nitrogen and oxygen atoms in total. The van der Waals surface area contributed by atoms with Crippen molar-refractivity contribution in [3.05, 3.63) is 41.9 Å². The Bertz CT molecular complexity index is 957. The number of nitrogens with zero attached hydrogens (tertiary/aromatic N) is 4. The standard InChI is InChI=1S/C14H9F3N6O/c15-14(16,17)7-3-6(12(19)24)4-21-10(7)9-5-22-11-8(18)1-2-20-13(11)23-9/h1-5H,(H2,19,24)(H2,18,20,23). The molecule has 1 amide bonds. The van der Waals surface area contributed by atoms with Crippen molar-refractivity contribution in [2.24, 2.45) is 5.73 Å². The number of pyridine rings is 2. The number of hydrogen-bond acceptors (Lipinski definition) is 6. The Hall–Kier alpha value is -3.30. The minimum absolute atomic E-state index is 0.0846. The van der Waals surface area contributed by atoms with Gasteiger partial charge in [0.2, 0.25) is 5.91 Å². The highest BCUT2D eigenvalue weighted by Gasteiger charge is 2.36. The number of halogens is 3. The number of fused-ring (bicyclic) bond motifs is 1. The second kappa shape index (κ2) is 5.41. The van der Waals surface area contributed by atoms with Gasteiger partial charge in [-0.25, -0.2) is 15.0 Å². The summed E-state index contributed by atoms with van der Waals surface area (Å²) in [5.41, 5.74) is 9.23. The van der Waals surface area contributed by atoms with Gasteiger partial charge in [0.05, 0.1) is 23.0 Å². The van der Waals surface area contributed by atoms with Crippen LogP contribution in [0.25, 0.3) is 22.6 Å². The molecular weight excluding hydrogens is 325 g/mol. The number of rotatable bonds is 2. The van der Waals surface area contributed by atoms with Crippen LogP contribution in [0.3, 0.4) is 0 Å². The molecule has 122 valence electrons. The molecule has 24 heavy (non-hydrogen) atoms. The maximum atomic E-state index is 13.3. The Morgan fingerprint density at radius 2 is 1.88 bits per heavy atom. The normalized spacial score (nSPS) is 11.6. The second-order valence-electron chi connectivity index (χ2n) is 4.81. The van der Waals surface area contributed by atoms with Gasteiger partial charge in [-0.05, 0) is 12.1 Å². The Labute approximate surface area is 132 Å². The average molecular weight is 334 g/mol. The molecular formula is C14H9F3N6O. The summed E-state index contributed by atoms with van der Waals surface area (Å²) in [6.45, 7) is 0. The smallest absolute Gasteiger partial charge is 0.397 e. The van der Waals surface area contributed by atoms with Crippen LogP contribution in [0.4, 0.5) is 18.9 Å². The number of primary amides is 1. The third kappa shape index (κ3) is 2.69. The molecule has 0 spiro atoms. The van der Waals surface area contributed by atoms with Gasteiger partial charge in [0, 0.05) is 12.4 Å². The third-order valence-corrected chi connectivity index (χ3v) is 3.20. The number of alkyl halides is 3. The molecule has 0 aromatic carbocycles. The number of nitrogen functional groups attached to an aromatic ring is 1. The number of anilines is 1. The van der Waals surface area contributed by atoms with E-state index in [1.54, 1.807) is 0 Å². The minimum atomic E-state index is -4.76. The third-order valence-electron chi connectivity index (χ3n) is 3.20. The lowest BCUT2D eigenvalue weighted by Crippen LogP contribution is -2.16. The first-order chi connectivity index (χ1) is 11.3. The van der Waals surface area contributed by atoms with Gasteiger partial charge in [-0.3, -0.25) is 9.78 Å². The molecule has 0 saturated heterocycles. The van der Waals surface area contributed by atoms with E-state index >= 15 is 0 Å². The Morgan fingerprint density at radius 3 is 2.54 bits per heavy atom. The molecule has 0 atom stereocenters. The largest absolute Gasteiger partial charge is 0.418 e. The number of hydrogen-bond donors (Lipinski definition) is 2. The number of aromatic nitrogens is 4. The van der Waals surface area contributed by atoms with E-state index < -0.39 is 23.3 Å². The van der Waals surface area contributed by atoms with Gasteiger partial charge in [-0.1, -0.05) is 0 Å². The van der Waals surface area contributed by atoms with E-state index in [-0.39, 0.29) is 22.4 Å². The second-order valence-corrected chi connectivity index (χ2v) is 4.81. The van der Waals surface area contributed by atoms with Crippen LogP contribution in [0, 0.1) is 0 Å². The fourth-order valence-corrected chi connectivity index (χ4v) is 2.07. The molecule has 0 aliphatic rings. The van der Waals surface area contributed by atoms with Gasteiger partial charge in [-0.2, -0.15) is 13.2 Å². The van der Waals surface area contributed by atoms with Gasteiger partial charge in [0.1, 0.15) is 16.9 Å². The van der Waals surface area contributed by atoms with Gasteiger partial charge in [0.25, 0.3) is 0 Å². The first-order valence-electron chi connectivity index (χ1n) is 6.52. The van der Waals surface area contributed by atoms with Crippen molar-refractivity contribution in [1.29, 1.82) is 0 Å². The van der Waals surface area contributed by atoms with Crippen LogP contribution < -0.4 is 11.5 Å². The van der Waals surface area contributed by atoms with E-state index in [4.69, 9.17) is 11.5 Å². The predicted molar refractivity (Wildman–Crippen MR) is 78.5 cm³/mol. The molecule has 0 bridgehead atoms. The fourth-order valence-electron chi connectivity index (χ4n) is 2.07. The predicted octanol–water partition coefficient (Wildman–Crippen LogP) is 1.79. The van der Waals surface area contributed by atoms with Crippen molar-refractivity contribution in [1.82, 2.24) is 19.9 Å². The van der Waals surface area contributed by atoms with E-state index in [0.717, 1.165) is 12.4 Å². The summed E-state index contributed by atoms with van der Waals surface area (Å²) in [4.78, 5) is 26.7. The topological polar surface area (TPSA) is 121 Å². The van der Waals surface area contributed by atoms with E-state index in [1.165, 1.54) is 12.3 Å². The van der Waals surface area contributed by atoms with Crippen molar-refractivity contribution in [3.63, 3.8) is 0 Å². The van der Waals surface area contributed by atoms with Gasteiger partial charge in [-0.15, -0.1) is 0 Å². The summed E-state index contributed by atoms with van der Waals surface area (Å²) in [5, 5.41) is 0. The SMILES string of the molecule is NC(=O)c1cnc(-c2cnc3c(N)ccnc3n2)c(C(F)(F)F)c1. The molecule has 3 aromatic heterocycles. The maximum Gasteiger partial charge on any atom is 0.418 e. The highest BCUT2D eigenvalue weighted by atomic mass is 19.4. The summed E-state index contributed by atoms with van der Waals surface area (Å²) >= 11 is 0. The summed E-state index contributed by atoms with van der Waals surface area (Å²) in [7, 11) is 0. The van der Waals surface area contributed by atoms with Crippen molar-refractivity contribution >= 4 is 22.8 Å². The van der Waals surface area contributed by atoms with E-state index in [1.807, 2.05) is 0 Å². The Kier molecular flexibility index (Phi) is 3.51. The van der Waals surface area contributed by atoms with Crippen LogP contribution in [-0.4, -0.2) is 25.8 Å². The fraction of sp³-hybridized carbons (Fsp3) is 0.0714. The number of amides is 1. The van der Waals surface area contributed by atoms with E-state index in [2.05, 4.69) is 19.9 Å². The zero-order chi connectivity index (χ0) is 17.5. The number of carbonyl (C=O) groups is 1. The average Bonchev–Trinajstić information content (AvgIpc) is 2.53. The first-order valence-corrected chi connectivity index (χ1v) is 6.52. The molecule has 10 heteroatoms. The van der Waals surface area contributed by atoms with Crippen LogP contribution in [0.1, 0.15) is 15.9 Å². The first kappa shape index (κ1) is 15.6. The van der Waals surface area contributed by atoms with E-state index in [9.17, 15) is 18.0 Å². The summed E-state index contributed by atoms with van der Waals surface area (Å²) in [5.74, 6) is -1.02. The number of nitrogens with two attached hydrogens (primary N) is 2. The lowest BCUT2D eigenvalue weighted by Gasteiger charge is -2.12. The van der Waals surface area contributed by atoms with Crippen LogP contribution in [0.2, 0.25) is 0 Å². The molecule has 0 saturated carbocycles. The van der Waals surface area contributed by atoms with Crippen LogP contribution >= 0.6 is 0 Å². The highest BCUT2D eigenvalue weighted by molar-refractivity contribution is 5.93. The summed E-state index contributed by atoms with van der Waals surface area (Å²) < 4.78 is 39.8. The molecule has 3 rings (SSSR count). The quantitative estimate of drug-likeness (QED) is 0.737. The highest BCUT2D eigenvalue weighted by Crippen LogP contribution is 2.36. The molecule has 3 heterocycles. The molecule has 0 radical (unpaired) electrons. The zero-order valence-electron chi connectivity index (χ0n) is 11.9. The minimum Gasteiger partial charge on any atom is -0.397 e.